The number of benzene rings is 1. The van der Waals surface area contributed by atoms with E-state index in [0.717, 1.165) is 0 Å². The van der Waals surface area contributed by atoms with Gasteiger partial charge in [0.25, 0.3) is 5.91 Å². The Balaban J connectivity index is 1.83. The molecule has 0 fully saturated rings. The first-order valence-corrected chi connectivity index (χ1v) is 7.07. The molecule has 1 unspecified atom stereocenters. The second-order valence-corrected chi connectivity index (χ2v) is 5.21. The maximum Gasteiger partial charge on any atom is 0.276 e. The summed E-state index contributed by atoms with van der Waals surface area (Å²) >= 11 is 1.24. The number of halogens is 1. The largest absolute Gasteiger partial charge is 0.294 e. The molecule has 1 aromatic rings. The number of fused-ring (bicyclic) bond motifs is 1. The van der Waals surface area contributed by atoms with Gasteiger partial charge in [0.1, 0.15) is 5.82 Å². The lowest BCUT2D eigenvalue weighted by atomic mass is 10.2. The third-order valence-electron chi connectivity index (χ3n) is 2.98. The van der Waals surface area contributed by atoms with Crippen LogP contribution in [0.4, 0.5) is 10.1 Å². The number of nitrogens with zero attached hydrogens (tertiary/aromatic N) is 4. The number of nitrogens with one attached hydrogen (secondary N) is 1. The van der Waals surface area contributed by atoms with Crippen molar-refractivity contribution < 1.29 is 9.18 Å². The molecule has 6 nitrogen and oxygen atoms in total. The van der Waals surface area contributed by atoms with Crippen LogP contribution in [0.3, 0.4) is 0 Å². The molecule has 3 rings (SSSR count). The highest BCUT2D eigenvalue weighted by atomic mass is 32.2. The first-order valence-electron chi connectivity index (χ1n) is 6.09. The van der Waals surface area contributed by atoms with Gasteiger partial charge in [-0.1, -0.05) is 17.8 Å². The molecule has 106 valence electrons. The molecule has 0 saturated carbocycles. The zero-order valence-corrected chi connectivity index (χ0v) is 11.5. The molecule has 0 spiro atoms. The molecule has 2 aliphatic heterocycles. The van der Waals surface area contributed by atoms with Gasteiger partial charge >= 0.3 is 0 Å². The van der Waals surface area contributed by atoms with Crippen molar-refractivity contribution >= 4 is 28.5 Å². The Bertz CT molecular complexity index is 683. The standard InChI is InChI=1S/C13H10FN5OS/c14-9-2-1-3-10(8-9)18-5-6-19-11(12(18)20)16-17-13(19)21-7-4-15/h1-3,5-6,8,11,16H,7H2. The summed E-state index contributed by atoms with van der Waals surface area (Å²) in [6.07, 6.45) is 2.57. The summed E-state index contributed by atoms with van der Waals surface area (Å²) in [6, 6.07) is 7.82. The van der Waals surface area contributed by atoms with Crippen LogP contribution in [0.5, 0.6) is 0 Å². The lowest BCUT2D eigenvalue weighted by Gasteiger charge is -2.31. The van der Waals surface area contributed by atoms with Gasteiger partial charge in [-0.15, -0.1) is 0 Å². The first-order chi connectivity index (χ1) is 10.2. The summed E-state index contributed by atoms with van der Waals surface area (Å²) in [5.41, 5.74) is 3.18. The smallest absolute Gasteiger partial charge is 0.276 e. The van der Waals surface area contributed by atoms with Gasteiger partial charge in [0.05, 0.1) is 17.5 Å². The van der Waals surface area contributed by atoms with Crippen molar-refractivity contribution in [2.24, 2.45) is 5.10 Å². The van der Waals surface area contributed by atoms with Crippen LogP contribution in [-0.2, 0) is 4.79 Å². The van der Waals surface area contributed by atoms with Crippen molar-refractivity contribution in [2.45, 2.75) is 6.17 Å². The number of amides is 1. The molecule has 1 N–H and O–H groups in total. The van der Waals surface area contributed by atoms with Gasteiger partial charge in [0.2, 0.25) is 6.17 Å². The average molecular weight is 303 g/mol. The summed E-state index contributed by atoms with van der Waals surface area (Å²) in [7, 11) is 0. The molecule has 0 aliphatic carbocycles. The number of carbonyl (C=O) groups is 1. The highest BCUT2D eigenvalue weighted by Gasteiger charge is 2.38. The number of carbonyl (C=O) groups excluding carboxylic acids is 1. The minimum Gasteiger partial charge on any atom is -0.294 e. The van der Waals surface area contributed by atoms with E-state index in [1.807, 2.05) is 6.07 Å². The van der Waals surface area contributed by atoms with E-state index in [1.54, 1.807) is 29.4 Å². The highest BCUT2D eigenvalue weighted by molar-refractivity contribution is 8.14. The fourth-order valence-corrected chi connectivity index (χ4v) is 2.68. The van der Waals surface area contributed by atoms with Crippen molar-refractivity contribution in [1.82, 2.24) is 10.3 Å². The summed E-state index contributed by atoms with van der Waals surface area (Å²) < 4.78 is 13.3. The van der Waals surface area contributed by atoms with Crippen molar-refractivity contribution in [3.05, 3.63) is 42.5 Å². The number of nitriles is 1. The van der Waals surface area contributed by atoms with Crippen LogP contribution in [0, 0.1) is 17.1 Å². The zero-order valence-electron chi connectivity index (χ0n) is 10.7. The Labute approximate surface area is 124 Å². The Morgan fingerprint density at radius 3 is 3.10 bits per heavy atom. The van der Waals surface area contributed by atoms with E-state index in [9.17, 15) is 9.18 Å². The molecule has 2 heterocycles. The number of amidine groups is 1. The maximum atomic E-state index is 13.3. The molecule has 0 aromatic heterocycles. The van der Waals surface area contributed by atoms with Crippen molar-refractivity contribution in [3.63, 3.8) is 0 Å². The lowest BCUT2D eigenvalue weighted by molar-refractivity contribution is -0.122. The predicted octanol–water partition coefficient (Wildman–Crippen LogP) is 1.40. The predicted molar refractivity (Wildman–Crippen MR) is 77.3 cm³/mol. The van der Waals surface area contributed by atoms with E-state index in [-0.39, 0.29) is 11.7 Å². The summed E-state index contributed by atoms with van der Waals surface area (Å²) in [6.45, 7) is 0. The molecule has 8 heteroatoms. The van der Waals surface area contributed by atoms with Gasteiger partial charge in [0, 0.05) is 12.4 Å². The average Bonchev–Trinajstić information content (AvgIpc) is 2.89. The van der Waals surface area contributed by atoms with Crippen molar-refractivity contribution in [1.29, 1.82) is 5.26 Å². The van der Waals surface area contributed by atoms with E-state index in [1.165, 1.54) is 28.8 Å². The first kappa shape index (κ1) is 13.5. The molecular formula is C13H10FN5OS. The molecule has 1 aromatic carbocycles. The second kappa shape index (κ2) is 5.46. The second-order valence-electron chi connectivity index (χ2n) is 4.27. The zero-order chi connectivity index (χ0) is 14.8. The quantitative estimate of drug-likeness (QED) is 0.894. The fourth-order valence-electron chi connectivity index (χ4n) is 2.06. The molecule has 2 aliphatic rings. The lowest BCUT2D eigenvalue weighted by Crippen LogP contribution is -2.52. The Morgan fingerprint density at radius 2 is 2.33 bits per heavy atom. The Morgan fingerprint density at radius 1 is 1.48 bits per heavy atom. The number of hydrazone groups is 1. The van der Waals surface area contributed by atoms with E-state index in [2.05, 4.69) is 10.5 Å². The minimum absolute atomic E-state index is 0.249. The van der Waals surface area contributed by atoms with Crippen LogP contribution < -0.4 is 10.3 Å². The van der Waals surface area contributed by atoms with Gasteiger partial charge in [-0.25, -0.2) is 4.39 Å². The monoisotopic (exact) mass is 303 g/mol. The summed E-state index contributed by atoms with van der Waals surface area (Å²) in [4.78, 5) is 15.5. The third kappa shape index (κ3) is 2.43. The van der Waals surface area contributed by atoms with Gasteiger partial charge in [-0.3, -0.25) is 20.0 Å². The molecule has 0 saturated heterocycles. The number of anilines is 1. The number of thioether (sulfide) groups is 1. The van der Waals surface area contributed by atoms with Crippen LogP contribution >= 0.6 is 11.8 Å². The molecule has 1 amide bonds. The normalized spacial score (nSPS) is 19.9. The third-order valence-corrected chi connectivity index (χ3v) is 3.82. The molecular weight excluding hydrogens is 293 g/mol. The van der Waals surface area contributed by atoms with E-state index >= 15 is 0 Å². The Kier molecular flexibility index (Phi) is 3.50. The minimum atomic E-state index is -0.667. The van der Waals surface area contributed by atoms with Crippen LogP contribution in [0.25, 0.3) is 0 Å². The fraction of sp³-hybridized carbons (Fsp3) is 0.154. The number of hydrogen-bond acceptors (Lipinski definition) is 6. The van der Waals surface area contributed by atoms with Gasteiger partial charge < -0.3 is 0 Å². The highest BCUT2D eigenvalue weighted by Crippen LogP contribution is 2.25. The summed E-state index contributed by atoms with van der Waals surface area (Å²) in [5.74, 6) is -0.421. The van der Waals surface area contributed by atoms with Gasteiger partial charge in [-0.05, 0) is 18.2 Å². The van der Waals surface area contributed by atoms with E-state index in [4.69, 9.17) is 5.26 Å². The van der Waals surface area contributed by atoms with Crippen LogP contribution in [-0.4, -0.2) is 27.9 Å². The van der Waals surface area contributed by atoms with Crippen LogP contribution in [0.15, 0.2) is 41.8 Å². The van der Waals surface area contributed by atoms with Gasteiger partial charge in [0.15, 0.2) is 5.17 Å². The SMILES string of the molecule is N#CCSC1=NNC2C(=O)N(c3cccc(F)c3)C=CN12. The van der Waals surface area contributed by atoms with Crippen molar-refractivity contribution in [2.75, 3.05) is 10.7 Å². The Hall–Kier alpha value is -2.53. The molecule has 1 atom stereocenters. The topological polar surface area (TPSA) is 71.7 Å². The molecule has 0 radical (unpaired) electrons. The molecule has 0 bridgehead atoms. The maximum absolute atomic E-state index is 13.3. The number of hydrogen-bond donors (Lipinski definition) is 1. The van der Waals surface area contributed by atoms with Gasteiger partial charge in [-0.2, -0.15) is 10.4 Å². The van der Waals surface area contributed by atoms with E-state index < -0.39 is 12.0 Å². The summed E-state index contributed by atoms with van der Waals surface area (Å²) in [5, 5.41) is 13.2. The van der Waals surface area contributed by atoms with Crippen LogP contribution in [0.2, 0.25) is 0 Å². The molecule has 21 heavy (non-hydrogen) atoms. The van der Waals surface area contributed by atoms with Crippen LogP contribution in [0.1, 0.15) is 0 Å². The van der Waals surface area contributed by atoms with Crippen molar-refractivity contribution in [3.8, 4) is 6.07 Å². The number of rotatable bonds is 2. The van der Waals surface area contributed by atoms with E-state index in [0.29, 0.717) is 10.9 Å².